The van der Waals surface area contributed by atoms with Gasteiger partial charge in [0.2, 0.25) is 5.91 Å². The van der Waals surface area contributed by atoms with Gasteiger partial charge in [0.1, 0.15) is 18.8 Å². The largest absolute Gasteiger partial charge is 0.480 e. The minimum Gasteiger partial charge on any atom is -0.480 e. The van der Waals surface area contributed by atoms with Crippen molar-refractivity contribution >= 4 is 35.6 Å². The molecule has 0 unspecified atom stereocenters. The van der Waals surface area contributed by atoms with E-state index in [1.165, 1.54) is 243 Å². The first-order valence-corrected chi connectivity index (χ1v) is 31.4. The molecule has 0 spiro atoms. The van der Waals surface area contributed by atoms with E-state index in [9.17, 15) is 24.3 Å². The minimum atomic E-state index is -1.08. The van der Waals surface area contributed by atoms with Crippen LogP contribution in [0.4, 0.5) is 0 Å². The molecule has 69 heavy (non-hydrogen) atoms. The van der Waals surface area contributed by atoms with Crippen LogP contribution in [0.25, 0.3) is 0 Å². The fourth-order valence-electron chi connectivity index (χ4n) is 9.32. The Morgan fingerprint density at radius 1 is 0.377 bits per heavy atom. The van der Waals surface area contributed by atoms with Crippen molar-refractivity contribution in [3.8, 4) is 0 Å². The number of rotatable bonds is 57. The number of aliphatic carboxylic acids is 1. The van der Waals surface area contributed by atoms with Crippen LogP contribution in [0, 0.1) is 0 Å². The van der Waals surface area contributed by atoms with E-state index in [0.717, 1.165) is 57.8 Å². The molecule has 2 atom stereocenters. The standard InChI is InChI=1S/C60H115NO7S/c1-4-7-10-13-16-19-22-25-28-31-34-37-40-43-46-49-57(62)61-56(60(65)66)54-69-53-55(68-59(64)51-48-45-42-39-36-33-30-27-24-21-18-15-12-9-6-3)52-67-58(63)50-47-44-41-38-35-32-29-26-23-20-17-14-11-8-5-2/h55-56H,4-54H2,1-3H3,(H,61,62)(H,65,66)/t55-,56+/m1/s1. The maximum atomic E-state index is 13.0. The molecule has 9 heteroatoms. The molecule has 8 nitrogen and oxygen atoms in total. The van der Waals surface area contributed by atoms with Crippen molar-refractivity contribution in [3.05, 3.63) is 0 Å². The van der Waals surface area contributed by atoms with Crippen LogP contribution in [0.5, 0.6) is 0 Å². The van der Waals surface area contributed by atoms with Crippen LogP contribution in [0.1, 0.15) is 329 Å². The summed E-state index contributed by atoms with van der Waals surface area (Å²) in [4.78, 5) is 50.6. The molecule has 2 N–H and O–H groups in total. The predicted molar refractivity (Wildman–Crippen MR) is 296 cm³/mol. The van der Waals surface area contributed by atoms with Gasteiger partial charge in [-0.05, 0) is 19.3 Å². The summed E-state index contributed by atoms with van der Waals surface area (Å²) in [6.45, 7) is 6.76. The first kappa shape index (κ1) is 67.2. The number of thioether (sulfide) groups is 1. The van der Waals surface area contributed by atoms with Gasteiger partial charge in [0.05, 0.1) is 0 Å². The normalized spacial score (nSPS) is 12.3. The van der Waals surface area contributed by atoms with E-state index in [-0.39, 0.29) is 36.0 Å². The number of hydrogen-bond acceptors (Lipinski definition) is 7. The molecule has 1 amide bonds. The van der Waals surface area contributed by atoms with Gasteiger partial charge in [0.15, 0.2) is 0 Å². The van der Waals surface area contributed by atoms with Gasteiger partial charge in [-0.1, -0.05) is 290 Å². The second kappa shape index (κ2) is 55.5. The Kier molecular flexibility index (Phi) is 54.1. The highest BCUT2D eigenvalue weighted by Gasteiger charge is 2.23. The van der Waals surface area contributed by atoms with E-state index in [1.54, 1.807) is 0 Å². The Morgan fingerprint density at radius 3 is 0.957 bits per heavy atom. The van der Waals surface area contributed by atoms with Crippen molar-refractivity contribution in [1.29, 1.82) is 0 Å². The van der Waals surface area contributed by atoms with Gasteiger partial charge in [0, 0.05) is 30.8 Å². The summed E-state index contributed by atoms with van der Waals surface area (Å²) in [5.41, 5.74) is 0. The molecule has 0 fully saturated rings. The average molecular weight is 995 g/mol. The Morgan fingerprint density at radius 2 is 0.652 bits per heavy atom. The molecule has 408 valence electrons. The molecule has 0 radical (unpaired) electrons. The van der Waals surface area contributed by atoms with Crippen LogP contribution < -0.4 is 5.32 Å². The number of carboxylic acids is 1. The van der Waals surface area contributed by atoms with Crippen LogP contribution in [-0.2, 0) is 28.7 Å². The molecule has 0 aliphatic heterocycles. The summed E-state index contributed by atoms with van der Waals surface area (Å²) in [6, 6.07) is -1.04. The summed E-state index contributed by atoms with van der Waals surface area (Å²) in [5, 5.41) is 12.6. The van der Waals surface area contributed by atoms with E-state index in [0.29, 0.717) is 19.3 Å². The molecule has 0 aromatic rings. The fraction of sp³-hybridized carbons (Fsp3) is 0.933. The number of ether oxygens (including phenoxy) is 2. The molecule has 0 rings (SSSR count). The number of nitrogens with one attached hydrogen (secondary N) is 1. The third kappa shape index (κ3) is 52.4. The van der Waals surface area contributed by atoms with Crippen molar-refractivity contribution in [2.24, 2.45) is 0 Å². The number of carboxylic acid groups (broad SMARTS) is 1. The predicted octanol–water partition coefficient (Wildman–Crippen LogP) is 18.5. The van der Waals surface area contributed by atoms with Crippen LogP contribution in [0.2, 0.25) is 0 Å². The summed E-state index contributed by atoms with van der Waals surface area (Å²) < 4.78 is 11.5. The number of hydrogen-bond donors (Lipinski definition) is 2. The fourth-order valence-corrected chi connectivity index (χ4v) is 10.3. The van der Waals surface area contributed by atoms with Gasteiger partial charge in [-0.2, -0.15) is 11.8 Å². The maximum absolute atomic E-state index is 13.0. The molecular weight excluding hydrogens is 879 g/mol. The molecule has 0 aromatic carbocycles. The molecule has 0 aliphatic rings. The Balaban J connectivity index is 4.56. The van der Waals surface area contributed by atoms with Crippen molar-refractivity contribution in [2.75, 3.05) is 18.1 Å². The maximum Gasteiger partial charge on any atom is 0.327 e. The molecule has 0 bridgehead atoms. The number of esters is 2. The summed E-state index contributed by atoms with van der Waals surface area (Å²) >= 11 is 1.31. The summed E-state index contributed by atoms with van der Waals surface area (Å²) in [7, 11) is 0. The molecule has 0 heterocycles. The molecular formula is C60H115NO7S. The van der Waals surface area contributed by atoms with E-state index in [1.807, 2.05) is 0 Å². The Bertz CT molecular complexity index is 1120. The lowest BCUT2D eigenvalue weighted by Gasteiger charge is -2.19. The van der Waals surface area contributed by atoms with Crippen molar-refractivity contribution < 1.29 is 33.8 Å². The first-order valence-electron chi connectivity index (χ1n) is 30.3. The number of unbranched alkanes of at least 4 members (excludes halogenated alkanes) is 42. The zero-order valence-electron chi connectivity index (χ0n) is 46.0. The van der Waals surface area contributed by atoms with E-state index in [2.05, 4.69) is 26.1 Å². The Labute approximate surface area is 432 Å². The smallest absolute Gasteiger partial charge is 0.327 e. The molecule has 0 aromatic heterocycles. The molecule has 0 aliphatic carbocycles. The third-order valence-electron chi connectivity index (χ3n) is 13.9. The van der Waals surface area contributed by atoms with Gasteiger partial charge in [-0.15, -0.1) is 0 Å². The van der Waals surface area contributed by atoms with Crippen LogP contribution in [0.3, 0.4) is 0 Å². The van der Waals surface area contributed by atoms with E-state index in [4.69, 9.17) is 9.47 Å². The molecule has 0 saturated heterocycles. The lowest BCUT2D eigenvalue weighted by molar-refractivity contribution is -0.157. The van der Waals surface area contributed by atoms with Crippen molar-refractivity contribution in [3.63, 3.8) is 0 Å². The quantitative estimate of drug-likeness (QED) is 0.0457. The Hall–Kier alpha value is -1.77. The second-order valence-electron chi connectivity index (χ2n) is 20.9. The van der Waals surface area contributed by atoms with Gasteiger partial charge >= 0.3 is 17.9 Å². The first-order chi connectivity index (χ1) is 33.8. The summed E-state index contributed by atoms with van der Waals surface area (Å²) in [5.74, 6) is -1.48. The monoisotopic (exact) mass is 994 g/mol. The zero-order valence-corrected chi connectivity index (χ0v) is 46.8. The molecule has 0 saturated carbocycles. The topological polar surface area (TPSA) is 119 Å². The lowest BCUT2D eigenvalue weighted by atomic mass is 10.0. The number of amides is 1. The van der Waals surface area contributed by atoms with Gasteiger partial charge < -0.3 is 19.9 Å². The SMILES string of the molecule is CCCCCCCCCCCCCCCCCC(=O)N[C@@H](CSC[C@@H](COC(=O)CCCCCCCCCCCCCCCCC)OC(=O)CCCCCCCCCCCCCCCCC)C(=O)O. The van der Waals surface area contributed by atoms with Crippen LogP contribution in [-0.4, -0.2) is 59.2 Å². The van der Waals surface area contributed by atoms with Gasteiger partial charge in [0.25, 0.3) is 0 Å². The highest BCUT2D eigenvalue weighted by Crippen LogP contribution is 2.18. The van der Waals surface area contributed by atoms with Crippen molar-refractivity contribution in [2.45, 2.75) is 341 Å². The van der Waals surface area contributed by atoms with E-state index < -0.39 is 18.1 Å². The average Bonchev–Trinajstić information content (AvgIpc) is 3.33. The highest BCUT2D eigenvalue weighted by molar-refractivity contribution is 7.99. The minimum absolute atomic E-state index is 0.0432. The van der Waals surface area contributed by atoms with E-state index >= 15 is 0 Å². The van der Waals surface area contributed by atoms with Crippen molar-refractivity contribution in [1.82, 2.24) is 5.32 Å². The lowest BCUT2D eigenvalue weighted by Crippen LogP contribution is -2.42. The van der Waals surface area contributed by atoms with Crippen LogP contribution >= 0.6 is 11.8 Å². The third-order valence-corrected chi connectivity index (χ3v) is 15.1. The van der Waals surface area contributed by atoms with Gasteiger partial charge in [-0.3, -0.25) is 14.4 Å². The highest BCUT2D eigenvalue weighted by atomic mass is 32.2. The number of carbonyl (C=O) groups excluding carboxylic acids is 3. The second-order valence-corrected chi connectivity index (χ2v) is 22.0. The van der Waals surface area contributed by atoms with Gasteiger partial charge in [-0.25, -0.2) is 4.79 Å². The zero-order chi connectivity index (χ0) is 50.4. The summed E-state index contributed by atoms with van der Waals surface area (Å²) in [6.07, 6.45) is 56.9. The number of carbonyl (C=O) groups is 4. The van der Waals surface area contributed by atoms with Crippen LogP contribution in [0.15, 0.2) is 0 Å².